The summed E-state index contributed by atoms with van der Waals surface area (Å²) in [5, 5.41) is 36.5. The third-order valence-electron chi connectivity index (χ3n) is 7.29. The van der Waals surface area contributed by atoms with Crippen LogP contribution in [0.25, 0.3) is 0 Å². The molecule has 0 aliphatic carbocycles. The van der Waals surface area contributed by atoms with Crippen LogP contribution in [0.15, 0.2) is 72.8 Å². The summed E-state index contributed by atoms with van der Waals surface area (Å²) in [6, 6.07) is 23.0. The predicted octanol–water partition coefficient (Wildman–Crippen LogP) is 4.07. The highest BCUT2D eigenvalue weighted by Gasteiger charge is 2.22. The Morgan fingerprint density at radius 1 is 0.923 bits per heavy atom. The summed E-state index contributed by atoms with van der Waals surface area (Å²) in [6.07, 6.45) is 2.12. The first-order valence-electron chi connectivity index (χ1n) is 13.7. The number of carbonyl (C=O) groups is 1. The van der Waals surface area contributed by atoms with E-state index in [1.807, 2.05) is 18.2 Å². The molecule has 3 aromatic rings. The maximum atomic E-state index is 12.8. The molecule has 3 aromatic carbocycles. The van der Waals surface area contributed by atoms with Crippen molar-refractivity contribution in [1.29, 1.82) is 0 Å². The van der Waals surface area contributed by atoms with E-state index in [4.69, 9.17) is 0 Å². The van der Waals surface area contributed by atoms with E-state index in [1.54, 1.807) is 0 Å². The first kappa shape index (κ1) is 28.6. The number of phenols is 2. The van der Waals surface area contributed by atoms with E-state index in [0.29, 0.717) is 18.4 Å². The fourth-order valence-electron chi connectivity index (χ4n) is 5.26. The van der Waals surface area contributed by atoms with Crippen LogP contribution in [0.1, 0.15) is 55.0 Å². The third kappa shape index (κ3) is 9.10. The zero-order valence-electron chi connectivity index (χ0n) is 22.9. The van der Waals surface area contributed by atoms with Crippen molar-refractivity contribution in [2.24, 2.45) is 0 Å². The highest BCUT2D eigenvalue weighted by molar-refractivity contribution is 5.78. The SMILES string of the molecule is CC(C)(Cc1cccc(CC(=O)NC2CCN(Cc3ccccc3)CC2)c1)NCC(O)c1cc(O)cc(O)c1. The second kappa shape index (κ2) is 13.1. The Bertz CT molecular complexity index is 1200. The monoisotopic (exact) mass is 531 g/mol. The van der Waals surface area contributed by atoms with Crippen LogP contribution in [0.3, 0.4) is 0 Å². The molecule has 1 aliphatic rings. The third-order valence-corrected chi connectivity index (χ3v) is 7.29. The van der Waals surface area contributed by atoms with E-state index in [0.717, 1.165) is 43.6 Å². The number of aliphatic hydroxyl groups excluding tert-OH is 1. The highest BCUT2D eigenvalue weighted by atomic mass is 16.3. The van der Waals surface area contributed by atoms with Crippen molar-refractivity contribution in [1.82, 2.24) is 15.5 Å². The van der Waals surface area contributed by atoms with Gasteiger partial charge in [0, 0.05) is 43.8 Å². The molecule has 0 spiro atoms. The standard InChI is InChI=1S/C32H41N3O4/c1-32(2,33-21-30(38)26-17-28(36)19-29(37)18-26)20-25-10-6-9-24(15-25)16-31(39)34-27-11-13-35(14-12-27)22-23-7-4-3-5-8-23/h3-10,15,17-19,27,30,33,36-38H,11-14,16,20-22H2,1-2H3,(H,34,39). The van der Waals surface area contributed by atoms with E-state index in [-0.39, 0.29) is 35.5 Å². The molecule has 0 bridgehead atoms. The maximum absolute atomic E-state index is 12.8. The summed E-state index contributed by atoms with van der Waals surface area (Å²) < 4.78 is 0. The Balaban J connectivity index is 1.22. The fraction of sp³-hybridized carbons (Fsp3) is 0.406. The minimum absolute atomic E-state index is 0.0588. The molecule has 1 saturated heterocycles. The minimum Gasteiger partial charge on any atom is -0.508 e. The van der Waals surface area contributed by atoms with E-state index < -0.39 is 6.10 Å². The first-order chi connectivity index (χ1) is 18.6. The van der Waals surface area contributed by atoms with Gasteiger partial charge in [-0.15, -0.1) is 0 Å². The lowest BCUT2D eigenvalue weighted by Crippen LogP contribution is -2.44. The fourth-order valence-corrected chi connectivity index (χ4v) is 5.26. The molecule has 7 heteroatoms. The molecule has 5 N–H and O–H groups in total. The Morgan fingerprint density at radius 2 is 1.56 bits per heavy atom. The lowest BCUT2D eigenvalue weighted by Gasteiger charge is -2.32. The molecule has 0 saturated carbocycles. The van der Waals surface area contributed by atoms with Crippen molar-refractivity contribution >= 4 is 5.91 Å². The van der Waals surface area contributed by atoms with Crippen LogP contribution in [0.2, 0.25) is 0 Å². The Kier molecular flexibility index (Phi) is 9.62. The number of phenolic OH excluding ortho intramolecular Hbond substituents is 2. The van der Waals surface area contributed by atoms with Gasteiger partial charge in [-0.25, -0.2) is 0 Å². The van der Waals surface area contributed by atoms with Crippen LogP contribution in [0.4, 0.5) is 0 Å². The number of aliphatic hydroxyl groups is 1. The van der Waals surface area contributed by atoms with Crippen molar-refractivity contribution < 1.29 is 20.1 Å². The zero-order valence-corrected chi connectivity index (χ0v) is 22.9. The summed E-state index contributed by atoms with van der Waals surface area (Å²) in [5.41, 5.74) is 3.54. The molecule has 1 aliphatic heterocycles. The van der Waals surface area contributed by atoms with Gasteiger partial charge in [-0.3, -0.25) is 9.69 Å². The number of aromatic hydroxyl groups is 2. The number of nitrogens with zero attached hydrogens (tertiary/aromatic N) is 1. The van der Waals surface area contributed by atoms with Crippen molar-refractivity contribution in [3.05, 3.63) is 95.1 Å². The average Bonchev–Trinajstić information content (AvgIpc) is 2.88. The van der Waals surface area contributed by atoms with Gasteiger partial charge in [-0.1, -0.05) is 54.6 Å². The molecular weight excluding hydrogens is 490 g/mol. The number of benzene rings is 3. The summed E-state index contributed by atoms with van der Waals surface area (Å²) in [6.45, 7) is 7.31. The van der Waals surface area contributed by atoms with Crippen LogP contribution in [-0.2, 0) is 24.2 Å². The van der Waals surface area contributed by atoms with Crippen LogP contribution in [-0.4, -0.2) is 57.3 Å². The van der Waals surface area contributed by atoms with Crippen molar-refractivity contribution in [2.75, 3.05) is 19.6 Å². The van der Waals surface area contributed by atoms with E-state index in [9.17, 15) is 20.1 Å². The second-order valence-electron chi connectivity index (χ2n) is 11.3. The molecule has 1 atom stereocenters. The van der Waals surface area contributed by atoms with E-state index in [2.05, 4.69) is 65.8 Å². The largest absolute Gasteiger partial charge is 0.508 e. The molecular formula is C32H41N3O4. The van der Waals surface area contributed by atoms with Gasteiger partial charge in [0.1, 0.15) is 11.5 Å². The number of rotatable bonds is 11. The van der Waals surface area contributed by atoms with E-state index >= 15 is 0 Å². The van der Waals surface area contributed by atoms with Crippen LogP contribution >= 0.6 is 0 Å². The van der Waals surface area contributed by atoms with Gasteiger partial charge in [-0.2, -0.15) is 0 Å². The lowest BCUT2D eigenvalue weighted by molar-refractivity contribution is -0.121. The minimum atomic E-state index is -0.873. The van der Waals surface area contributed by atoms with E-state index in [1.165, 1.54) is 23.8 Å². The van der Waals surface area contributed by atoms with Gasteiger partial charge in [0.2, 0.25) is 5.91 Å². The predicted molar refractivity (Wildman–Crippen MR) is 154 cm³/mol. The highest BCUT2D eigenvalue weighted by Crippen LogP contribution is 2.25. The molecule has 7 nitrogen and oxygen atoms in total. The zero-order chi connectivity index (χ0) is 27.8. The smallest absolute Gasteiger partial charge is 0.224 e. The average molecular weight is 532 g/mol. The summed E-state index contributed by atoms with van der Waals surface area (Å²) in [7, 11) is 0. The van der Waals surface area contributed by atoms with Crippen LogP contribution in [0, 0.1) is 0 Å². The Morgan fingerprint density at radius 3 is 2.26 bits per heavy atom. The summed E-state index contributed by atoms with van der Waals surface area (Å²) in [5.74, 6) is -0.112. The molecule has 1 fully saturated rings. The summed E-state index contributed by atoms with van der Waals surface area (Å²) >= 11 is 0. The van der Waals surface area contributed by atoms with Gasteiger partial charge < -0.3 is 26.0 Å². The van der Waals surface area contributed by atoms with Crippen molar-refractivity contribution in [2.45, 2.75) is 63.8 Å². The molecule has 1 heterocycles. The van der Waals surface area contributed by atoms with Crippen LogP contribution < -0.4 is 10.6 Å². The van der Waals surface area contributed by atoms with Gasteiger partial charge >= 0.3 is 0 Å². The van der Waals surface area contributed by atoms with Crippen molar-refractivity contribution in [3.63, 3.8) is 0 Å². The molecule has 4 rings (SSSR count). The number of carbonyl (C=O) groups excluding carboxylic acids is 1. The van der Waals surface area contributed by atoms with Gasteiger partial charge in [-0.05, 0) is 67.5 Å². The lowest BCUT2D eigenvalue weighted by atomic mass is 9.93. The molecule has 1 amide bonds. The molecule has 39 heavy (non-hydrogen) atoms. The second-order valence-corrected chi connectivity index (χ2v) is 11.3. The molecule has 208 valence electrons. The number of likely N-dealkylation sites (tertiary alicyclic amines) is 1. The van der Waals surface area contributed by atoms with Gasteiger partial charge in [0.25, 0.3) is 0 Å². The first-order valence-corrected chi connectivity index (χ1v) is 13.7. The van der Waals surface area contributed by atoms with Gasteiger partial charge in [0.05, 0.1) is 12.5 Å². The van der Waals surface area contributed by atoms with Gasteiger partial charge in [0.15, 0.2) is 0 Å². The normalized spacial score (nSPS) is 15.7. The van der Waals surface area contributed by atoms with Crippen LogP contribution in [0.5, 0.6) is 11.5 Å². The topological polar surface area (TPSA) is 105 Å². The number of hydrogen-bond donors (Lipinski definition) is 5. The maximum Gasteiger partial charge on any atom is 0.224 e. The number of nitrogens with one attached hydrogen (secondary N) is 2. The quantitative estimate of drug-likeness (QED) is 0.256. The Labute approximate surface area is 231 Å². The number of amides is 1. The summed E-state index contributed by atoms with van der Waals surface area (Å²) in [4.78, 5) is 15.3. The number of β-amino-alcohol motifs (C(OH)–C–C–N with tert-alkyl or cyclic N) is 1. The Hall–Kier alpha value is -3.39. The number of hydrogen-bond acceptors (Lipinski definition) is 6. The van der Waals surface area contributed by atoms with Crippen molar-refractivity contribution in [3.8, 4) is 11.5 Å². The number of piperidine rings is 1. The molecule has 0 radical (unpaired) electrons. The molecule has 1 unspecified atom stereocenters. The molecule has 0 aromatic heterocycles.